The Balaban J connectivity index is 3.03. The van der Waals surface area contributed by atoms with Gasteiger partial charge in [-0.15, -0.1) is 0 Å². The number of primary amides is 1. The molecule has 0 aliphatic carbocycles. The number of carbonyl (C=O) groups excluding carboxylic acids is 1. The number of hydrogen-bond acceptors (Lipinski definition) is 1. The summed E-state index contributed by atoms with van der Waals surface area (Å²) in [4.78, 5) is 12.5. The summed E-state index contributed by atoms with van der Waals surface area (Å²) < 4.78 is 0. The van der Waals surface area contributed by atoms with Crippen molar-refractivity contribution >= 4 is 27.9 Å². The van der Waals surface area contributed by atoms with Crippen molar-refractivity contribution in [1.82, 2.24) is 0 Å². The minimum atomic E-state index is -0.403. The Bertz CT molecular complexity index is 320. The summed E-state index contributed by atoms with van der Waals surface area (Å²) in [5, 5.41) is 0. The van der Waals surface area contributed by atoms with E-state index in [1.54, 1.807) is 23.2 Å². The van der Waals surface area contributed by atoms with Crippen LogP contribution in [0.3, 0.4) is 0 Å². The first kappa shape index (κ1) is 9.00. The van der Waals surface area contributed by atoms with Crippen LogP contribution in [0.15, 0.2) is 29.3 Å². The van der Waals surface area contributed by atoms with E-state index in [4.69, 9.17) is 5.73 Å². The lowest BCUT2D eigenvalue weighted by atomic mass is 10.1. The molecule has 3 heteroatoms. The molecule has 0 aromatic heterocycles. The fourth-order valence-electron chi connectivity index (χ4n) is 0.868. The van der Waals surface area contributed by atoms with Crippen LogP contribution in [0.2, 0.25) is 0 Å². The fraction of sp³-hybridized carbons (Fsp3) is 0. The number of halogens is 1. The average molecular weight is 226 g/mol. The van der Waals surface area contributed by atoms with Gasteiger partial charge in [0.1, 0.15) is 0 Å². The predicted octanol–water partition coefficient (Wildman–Crippen LogP) is 2.15. The van der Waals surface area contributed by atoms with Crippen LogP contribution in [0, 0.1) is 0 Å². The molecule has 0 fully saturated rings. The van der Waals surface area contributed by atoms with Gasteiger partial charge in [-0.1, -0.05) is 28.1 Å². The monoisotopic (exact) mass is 225 g/mol. The van der Waals surface area contributed by atoms with E-state index >= 15 is 0 Å². The van der Waals surface area contributed by atoms with Crippen molar-refractivity contribution in [3.05, 3.63) is 40.4 Å². The third-order valence-electron chi connectivity index (χ3n) is 1.43. The first-order valence-corrected chi connectivity index (χ1v) is 4.32. The molecule has 0 heterocycles. The zero-order chi connectivity index (χ0) is 8.97. The SMILES string of the molecule is NC(=O)c1cccc(/C=C/Br)c1. The highest BCUT2D eigenvalue weighted by molar-refractivity contribution is 9.11. The molecule has 0 spiro atoms. The van der Waals surface area contributed by atoms with Crippen molar-refractivity contribution in [3.63, 3.8) is 0 Å². The normalized spacial score (nSPS) is 10.4. The molecule has 0 atom stereocenters. The van der Waals surface area contributed by atoms with Crippen molar-refractivity contribution in [3.8, 4) is 0 Å². The van der Waals surface area contributed by atoms with Crippen LogP contribution in [0.4, 0.5) is 0 Å². The average Bonchev–Trinajstić information content (AvgIpc) is 2.05. The van der Waals surface area contributed by atoms with Gasteiger partial charge < -0.3 is 5.73 Å². The highest BCUT2D eigenvalue weighted by atomic mass is 79.9. The molecule has 2 N–H and O–H groups in total. The Hall–Kier alpha value is -1.09. The molecule has 62 valence electrons. The number of benzene rings is 1. The van der Waals surface area contributed by atoms with Gasteiger partial charge in [0.25, 0.3) is 0 Å². The Morgan fingerprint density at radius 3 is 2.83 bits per heavy atom. The van der Waals surface area contributed by atoms with Crippen LogP contribution in [0.25, 0.3) is 6.08 Å². The molecule has 12 heavy (non-hydrogen) atoms. The lowest BCUT2D eigenvalue weighted by Crippen LogP contribution is -2.10. The maximum atomic E-state index is 10.7. The highest BCUT2D eigenvalue weighted by Crippen LogP contribution is 2.07. The van der Waals surface area contributed by atoms with Gasteiger partial charge in [-0.25, -0.2) is 0 Å². The van der Waals surface area contributed by atoms with E-state index in [2.05, 4.69) is 15.9 Å². The molecule has 1 rings (SSSR count). The van der Waals surface area contributed by atoms with E-state index in [9.17, 15) is 4.79 Å². The zero-order valence-corrected chi connectivity index (χ0v) is 7.91. The molecular weight excluding hydrogens is 218 g/mol. The number of amides is 1. The molecule has 0 unspecified atom stereocenters. The Kier molecular flexibility index (Phi) is 3.05. The predicted molar refractivity (Wildman–Crippen MR) is 52.9 cm³/mol. The maximum absolute atomic E-state index is 10.7. The third-order valence-corrected chi connectivity index (χ3v) is 1.69. The second-order valence-corrected chi connectivity index (χ2v) is 2.81. The van der Waals surface area contributed by atoms with Gasteiger partial charge in [0, 0.05) is 5.56 Å². The Morgan fingerprint density at radius 1 is 1.50 bits per heavy atom. The van der Waals surface area contributed by atoms with E-state index in [1.165, 1.54) is 0 Å². The van der Waals surface area contributed by atoms with Crippen LogP contribution in [0.1, 0.15) is 15.9 Å². The molecule has 1 aromatic carbocycles. The van der Waals surface area contributed by atoms with Gasteiger partial charge in [-0.2, -0.15) is 0 Å². The molecule has 0 saturated carbocycles. The van der Waals surface area contributed by atoms with Crippen LogP contribution >= 0.6 is 15.9 Å². The largest absolute Gasteiger partial charge is 0.366 e. The second kappa shape index (κ2) is 4.07. The van der Waals surface area contributed by atoms with Crippen LogP contribution in [0.5, 0.6) is 0 Å². The molecule has 0 aliphatic heterocycles. The number of hydrogen-bond donors (Lipinski definition) is 1. The standard InChI is InChI=1S/C9H8BrNO/c10-5-4-7-2-1-3-8(6-7)9(11)12/h1-6H,(H2,11,12)/b5-4+. The van der Waals surface area contributed by atoms with Crippen LogP contribution in [-0.2, 0) is 0 Å². The molecule has 0 radical (unpaired) electrons. The topological polar surface area (TPSA) is 43.1 Å². The van der Waals surface area contributed by atoms with Crippen molar-refractivity contribution in [1.29, 1.82) is 0 Å². The van der Waals surface area contributed by atoms with Crippen LogP contribution in [-0.4, -0.2) is 5.91 Å². The first-order valence-electron chi connectivity index (χ1n) is 3.40. The summed E-state index contributed by atoms with van der Waals surface area (Å²) in [6, 6.07) is 7.11. The van der Waals surface area contributed by atoms with E-state index in [0.717, 1.165) is 5.56 Å². The molecular formula is C9H8BrNO. The summed E-state index contributed by atoms with van der Waals surface area (Å²) >= 11 is 3.15. The smallest absolute Gasteiger partial charge is 0.248 e. The molecule has 0 aliphatic rings. The van der Waals surface area contributed by atoms with E-state index < -0.39 is 5.91 Å². The van der Waals surface area contributed by atoms with Gasteiger partial charge >= 0.3 is 0 Å². The van der Waals surface area contributed by atoms with Gasteiger partial charge in [0.05, 0.1) is 0 Å². The minimum Gasteiger partial charge on any atom is -0.366 e. The Labute approximate surface area is 79.2 Å². The van der Waals surface area contributed by atoms with Gasteiger partial charge in [-0.3, -0.25) is 4.79 Å². The molecule has 1 aromatic rings. The quantitative estimate of drug-likeness (QED) is 0.824. The lowest BCUT2D eigenvalue weighted by molar-refractivity contribution is 0.100. The van der Waals surface area contributed by atoms with Gasteiger partial charge in [-0.05, 0) is 28.8 Å². The first-order chi connectivity index (χ1) is 5.74. The summed E-state index contributed by atoms with van der Waals surface area (Å²) in [7, 11) is 0. The summed E-state index contributed by atoms with van der Waals surface area (Å²) in [5.74, 6) is -0.403. The number of nitrogens with two attached hydrogens (primary N) is 1. The van der Waals surface area contributed by atoms with E-state index in [0.29, 0.717) is 5.56 Å². The van der Waals surface area contributed by atoms with Crippen LogP contribution < -0.4 is 5.73 Å². The van der Waals surface area contributed by atoms with Gasteiger partial charge in [0.15, 0.2) is 0 Å². The highest BCUT2D eigenvalue weighted by Gasteiger charge is 1.98. The van der Waals surface area contributed by atoms with E-state index in [1.807, 2.05) is 12.1 Å². The second-order valence-electron chi connectivity index (χ2n) is 2.28. The summed E-state index contributed by atoms with van der Waals surface area (Å²) in [6.07, 6.45) is 1.84. The van der Waals surface area contributed by atoms with Crippen molar-refractivity contribution in [2.24, 2.45) is 5.73 Å². The lowest BCUT2D eigenvalue weighted by Gasteiger charge is -1.96. The van der Waals surface area contributed by atoms with Crippen molar-refractivity contribution in [2.45, 2.75) is 0 Å². The van der Waals surface area contributed by atoms with Crippen molar-refractivity contribution < 1.29 is 4.79 Å². The Morgan fingerprint density at radius 2 is 2.25 bits per heavy atom. The fourth-order valence-corrected chi connectivity index (χ4v) is 1.17. The maximum Gasteiger partial charge on any atom is 0.248 e. The summed E-state index contributed by atoms with van der Waals surface area (Å²) in [6.45, 7) is 0. The molecule has 1 amide bonds. The number of rotatable bonds is 2. The van der Waals surface area contributed by atoms with Gasteiger partial charge in [0.2, 0.25) is 5.91 Å². The molecule has 0 saturated heterocycles. The third kappa shape index (κ3) is 2.20. The minimum absolute atomic E-state index is 0.403. The van der Waals surface area contributed by atoms with E-state index in [-0.39, 0.29) is 0 Å². The number of carbonyl (C=O) groups is 1. The summed E-state index contributed by atoms with van der Waals surface area (Å²) in [5.41, 5.74) is 6.58. The van der Waals surface area contributed by atoms with Crippen molar-refractivity contribution in [2.75, 3.05) is 0 Å². The molecule has 0 bridgehead atoms. The molecule has 2 nitrogen and oxygen atoms in total. The zero-order valence-electron chi connectivity index (χ0n) is 6.33.